The summed E-state index contributed by atoms with van der Waals surface area (Å²) in [6, 6.07) is 1.27. The molecule has 192 valence electrons. The second-order valence-electron chi connectivity index (χ2n) is 11.0. The number of unbranched alkanes of at least 4 members (excludes halogenated alkanes) is 7. The third-order valence-electron chi connectivity index (χ3n) is 7.09. The zero-order chi connectivity index (χ0) is 24.8. The van der Waals surface area contributed by atoms with Crippen molar-refractivity contribution < 1.29 is 18.8 Å². The summed E-state index contributed by atoms with van der Waals surface area (Å²) in [5.41, 5.74) is 1.16. The van der Waals surface area contributed by atoms with Crippen LogP contribution < -0.4 is 5.32 Å². The van der Waals surface area contributed by atoms with Crippen molar-refractivity contribution in [2.75, 3.05) is 20.2 Å². The molecule has 0 aliphatic rings. The van der Waals surface area contributed by atoms with Crippen LogP contribution in [0.4, 0.5) is 0 Å². The van der Waals surface area contributed by atoms with Crippen LogP contribution in [0, 0.1) is 0 Å². The van der Waals surface area contributed by atoms with Crippen molar-refractivity contribution in [1.29, 1.82) is 0 Å². The van der Waals surface area contributed by atoms with E-state index in [1.54, 1.807) is 0 Å². The van der Waals surface area contributed by atoms with Gasteiger partial charge in [-0.05, 0) is 48.7 Å². The standard InChI is InChI=1S/C25H55NO4Si2/c1-21(2)32(22(3)4,23(5)6)30-24(25(27)28)20-26-18-16-14-12-10-11-13-15-17-19-31(8,9)29-7/h21-24,26H,10-20H2,1-9H3,(H,27,28). The van der Waals surface area contributed by atoms with Crippen molar-refractivity contribution in [3.05, 3.63) is 0 Å². The molecule has 1 unspecified atom stereocenters. The topological polar surface area (TPSA) is 67.8 Å². The number of hydrogen-bond acceptors (Lipinski definition) is 4. The largest absolute Gasteiger partial charge is 0.479 e. The van der Waals surface area contributed by atoms with Gasteiger partial charge in [0.25, 0.3) is 0 Å². The number of carbonyl (C=O) groups is 1. The maximum atomic E-state index is 11.9. The SMILES string of the molecule is CO[Si](C)(C)CCCCCCCCCCNCC(O[Si](C(C)C)(C(C)C)C(C)C)C(=O)O. The molecule has 0 aromatic rings. The summed E-state index contributed by atoms with van der Waals surface area (Å²) in [6.45, 7) is 19.0. The van der Waals surface area contributed by atoms with Crippen LogP contribution in [0.25, 0.3) is 0 Å². The van der Waals surface area contributed by atoms with Crippen molar-refractivity contribution in [2.45, 2.75) is 135 Å². The Morgan fingerprint density at radius 2 is 1.25 bits per heavy atom. The minimum atomic E-state index is -2.19. The molecule has 0 bridgehead atoms. The Bertz CT molecular complexity index is 477. The molecular weight excluding hydrogens is 434 g/mol. The monoisotopic (exact) mass is 489 g/mol. The minimum absolute atomic E-state index is 0.387. The van der Waals surface area contributed by atoms with Gasteiger partial charge in [-0.15, -0.1) is 0 Å². The first-order valence-corrected chi connectivity index (χ1v) is 18.3. The fourth-order valence-electron chi connectivity index (χ4n) is 5.03. The molecule has 0 aliphatic heterocycles. The first-order chi connectivity index (χ1) is 14.9. The third kappa shape index (κ3) is 11.8. The molecule has 7 heteroatoms. The van der Waals surface area contributed by atoms with E-state index < -0.39 is 28.7 Å². The van der Waals surface area contributed by atoms with Gasteiger partial charge in [-0.25, -0.2) is 4.79 Å². The predicted octanol–water partition coefficient (Wildman–Crippen LogP) is 7.19. The van der Waals surface area contributed by atoms with Gasteiger partial charge in [0.05, 0.1) is 0 Å². The molecule has 0 saturated heterocycles. The highest BCUT2D eigenvalue weighted by atomic mass is 28.4. The highest BCUT2D eigenvalue weighted by molar-refractivity contribution is 6.77. The lowest BCUT2D eigenvalue weighted by Crippen LogP contribution is -2.53. The Labute approximate surface area is 201 Å². The quantitative estimate of drug-likeness (QED) is 0.140. The minimum Gasteiger partial charge on any atom is -0.479 e. The maximum absolute atomic E-state index is 11.9. The van der Waals surface area contributed by atoms with Gasteiger partial charge >= 0.3 is 5.97 Å². The highest BCUT2D eigenvalue weighted by Crippen LogP contribution is 2.43. The van der Waals surface area contributed by atoms with Crippen molar-refractivity contribution >= 4 is 22.6 Å². The van der Waals surface area contributed by atoms with Crippen molar-refractivity contribution in [3.8, 4) is 0 Å². The summed E-state index contributed by atoms with van der Waals surface area (Å²) in [4.78, 5) is 11.9. The Hall–Kier alpha value is -0.216. The van der Waals surface area contributed by atoms with Gasteiger partial charge in [-0.3, -0.25) is 0 Å². The van der Waals surface area contributed by atoms with Crippen LogP contribution >= 0.6 is 0 Å². The van der Waals surface area contributed by atoms with E-state index in [-0.39, 0.29) is 0 Å². The second kappa shape index (κ2) is 16.4. The van der Waals surface area contributed by atoms with E-state index in [2.05, 4.69) is 60.0 Å². The summed E-state index contributed by atoms with van der Waals surface area (Å²) in [6.07, 6.45) is 9.41. The van der Waals surface area contributed by atoms with E-state index in [0.717, 1.165) is 13.0 Å². The number of nitrogens with one attached hydrogen (secondary N) is 1. The number of hydrogen-bond donors (Lipinski definition) is 2. The summed E-state index contributed by atoms with van der Waals surface area (Å²) in [5, 5.41) is 13.1. The molecule has 2 N–H and O–H groups in total. The third-order valence-corrected chi connectivity index (χ3v) is 15.9. The molecule has 5 nitrogen and oxygen atoms in total. The molecule has 0 spiro atoms. The zero-order valence-corrected chi connectivity index (χ0v) is 24.8. The molecule has 0 heterocycles. The molecule has 0 aromatic carbocycles. The Morgan fingerprint density at radius 1 is 0.812 bits per heavy atom. The Morgan fingerprint density at radius 3 is 1.66 bits per heavy atom. The molecular formula is C25H55NO4Si2. The van der Waals surface area contributed by atoms with Gasteiger partial charge in [0.2, 0.25) is 8.32 Å². The number of carboxylic acid groups (broad SMARTS) is 1. The number of aliphatic carboxylic acids is 1. The van der Waals surface area contributed by atoms with Crippen molar-refractivity contribution in [3.63, 3.8) is 0 Å². The molecule has 0 saturated carbocycles. The molecule has 0 amide bonds. The summed E-state index contributed by atoms with van der Waals surface area (Å²) in [5.74, 6) is -0.840. The van der Waals surface area contributed by atoms with Gasteiger partial charge in [0.1, 0.15) is 0 Å². The number of carboxylic acids is 1. The Kier molecular flexibility index (Phi) is 16.3. The van der Waals surface area contributed by atoms with Gasteiger partial charge in [-0.2, -0.15) is 0 Å². The molecule has 32 heavy (non-hydrogen) atoms. The second-order valence-corrected chi connectivity index (χ2v) is 20.8. The smallest absolute Gasteiger partial charge is 0.332 e. The molecule has 0 aliphatic carbocycles. The van der Waals surface area contributed by atoms with Crippen molar-refractivity contribution in [1.82, 2.24) is 5.32 Å². The van der Waals surface area contributed by atoms with Gasteiger partial charge < -0.3 is 19.3 Å². The zero-order valence-electron chi connectivity index (χ0n) is 22.8. The lowest BCUT2D eigenvalue weighted by molar-refractivity contribution is -0.145. The molecule has 0 radical (unpaired) electrons. The van der Waals surface area contributed by atoms with E-state index >= 15 is 0 Å². The van der Waals surface area contributed by atoms with Crippen LogP contribution in [-0.4, -0.2) is 54.0 Å². The van der Waals surface area contributed by atoms with Crippen LogP contribution in [-0.2, 0) is 13.6 Å². The van der Waals surface area contributed by atoms with Gasteiger partial charge in [0.15, 0.2) is 14.4 Å². The average molecular weight is 490 g/mol. The predicted molar refractivity (Wildman–Crippen MR) is 143 cm³/mol. The molecule has 1 atom stereocenters. The van der Waals surface area contributed by atoms with E-state index in [1.807, 2.05) is 7.11 Å². The molecule has 0 aromatic heterocycles. The average Bonchev–Trinajstić information content (AvgIpc) is 2.69. The normalized spacial score (nSPS) is 14.0. The first kappa shape index (κ1) is 31.8. The van der Waals surface area contributed by atoms with Crippen LogP contribution in [0.1, 0.15) is 92.9 Å². The van der Waals surface area contributed by atoms with Crippen LogP contribution in [0.2, 0.25) is 35.8 Å². The molecule has 0 fully saturated rings. The summed E-state index contributed by atoms with van der Waals surface area (Å²) < 4.78 is 12.1. The van der Waals surface area contributed by atoms with Crippen molar-refractivity contribution in [2.24, 2.45) is 0 Å². The van der Waals surface area contributed by atoms with Crippen LogP contribution in [0.15, 0.2) is 0 Å². The van der Waals surface area contributed by atoms with E-state index in [1.165, 1.54) is 51.0 Å². The fourth-order valence-corrected chi connectivity index (χ4v) is 11.8. The lowest BCUT2D eigenvalue weighted by atomic mass is 10.1. The summed E-state index contributed by atoms with van der Waals surface area (Å²) >= 11 is 0. The van der Waals surface area contributed by atoms with E-state index in [4.69, 9.17) is 8.85 Å². The highest BCUT2D eigenvalue weighted by Gasteiger charge is 2.47. The van der Waals surface area contributed by atoms with Crippen LogP contribution in [0.5, 0.6) is 0 Å². The maximum Gasteiger partial charge on any atom is 0.332 e. The first-order valence-electron chi connectivity index (χ1n) is 13.1. The fraction of sp³-hybridized carbons (Fsp3) is 0.960. The summed E-state index contributed by atoms with van der Waals surface area (Å²) in [7, 11) is -1.70. The van der Waals surface area contributed by atoms with Crippen LogP contribution in [0.3, 0.4) is 0 Å². The Balaban J connectivity index is 4.10. The number of rotatable bonds is 20. The lowest BCUT2D eigenvalue weighted by Gasteiger charge is -2.43. The van der Waals surface area contributed by atoms with Gasteiger partial charge in [-0.1, -0.05) is 86.5 Å². The van der Waals surface area contributed by atoms with Gasteiger partial charge in [0, 0.05) is 13.7 Å². The van der Waals surface area contributed by atoms with E-state index in [0.29, 0.717) is 23.2 Å². The molecule has 0 rings (SSSR count). The van der Waals surface area contributed by atoms with E-state index in [9.17, 15) is 9.90 Å².